The maximum Gasteiger partial charge on any atom is 0.318 e. The first kappa shape index (κ1) is 8.19. The van der Waals surface area contributed by atoms with Crippen LogP contribution in [0.5, 0.6) is 0 Å². The van der Waals surface area contributed by atoms with Gasteiger partial charge in [-0.25, -0.2) is 4.79 Å². The molecule has 9 heavy (non-hydrogen) atoms. The summed E-state index contributed by atoms with van der Waals surface area (Å²) < 4.78 is 4.52. The van der Waals surface area contributed by atoms with E-state index in [9.17, 15) is 4.79 Å². The third-order valence-corrected chi connectivity index (χ3v) is 0.767. The standard InChI is InChI=1S/C4H10N2O3/c1-9-3-6(2-7)4(5)8/h7H,2-3H2,1H3,(H2,5,8). The summed E-state index contributed by atoms with van der Waals surface area (Å²) in [7, 11) is 1.41. The van der Waals surface area contributed by atoms with E-state index >= 15 is 0 Å². The summed E-state index contributed by atoms with van der Waals surface area (Å²) in [5.74, 6) is 0. The lowest BCUT2D eigenvalue weighted by molar-refractivity contribution is 0.0350. The van der Waals surface area contributed by atoms with Gasteiger partial charge in [0, 0.05) is 7.11 Å². The predicted molar refractivity (Wildman–Crippen MR) is 30.4 cm³/mol. The number of nitrogens with two attached hydrogens (primary N) is 1. The second-order valence-corrected chi connectivity index (χ2v) is 1.44. The minimum atomic E-state index is -0.695. The molecular formula is C4H10N2O3. The fourth-order valence-corrected chi connectivity index (χ4v) is 0.330. The van der Waals surface area contributed by atoms with Gasteiger partial charge in [-0.3, -0.25) is 4.90 Å². The monoisotopic (exact) mass is 134 g/mol. The first-order valence-corrected chi connectivity index (χ1v) is 2.36. The van der Waals surface area contributed by atoms with Crippen LogP contribution in [0.15, 0.2) is 0 Å². The maximum absolute atomic E-state index is 10.2. The van der Waals surface area contributed by atoms with Crippen molar-refractivity contribution in [2.45, 2.75) is 0 Å². The highest BCUT2D eigenvalue weighted by atomic mass is 16.5. The number of nitrogens with zero attached hydrogens (tertiary/aromatic N) is 1. The molecule has 0 saturated carbocycles. The topological polar surface area (TPSA) is 75.8 Å². The lowest BCUT2D eigenvalue weighted by atomic mass is 10.8. The molecule has 0 radical (unpaired) electrons. The summed E-state index contributed by atoms with van der Waals surface area (Å²) in [5.41, 5.74) is 4.78. The minimum absolute atomic E-state index is 0.0197. The van der Waals surface area contributed by atoms with Crippen molar-refractivity contribution in [2.75, 3.05) is 20.6 Å². The fourth-order valence-electron chi connectivity index (χ4n) is 0.330. The molecule has 0 aliphatic rings. The number of methoxy groups -OCH3 is 1. The van der Waals surface area contributed by atoms with Crippen LogP contribution in [0.1, 0.15) is 0 Å². The van der Waals surface area contributed by atoms with Crippen LogP contribution in [0.25, 0.3) is 0 Å². The Balaban J connectivity index is 3.54. The average molecular weight is 134 g/mol. The van der Waals surface area contributed by atoms with Crippen LogP contribution in [-0.2, 0) is 4.74 Å². The van der Waals surface area contributed by atoms with Crippen molar-refractivity contribution in [3.63, 3.8) is 0 Å². The first-order chi connectivity index (χ1) is 4.22. The molecule has 0 spiro atoms. The van der Waals surface area contributed by atoms with Gasteiger partial charge in [-0.15, -0.1) is 0 Å². The van der Waals surface area contributed by atoms with E-state index in [4.69, 9.17) is 10.8 Å². The number of aliphatic hydroxyl groups is 1. The van der Waals surface area contributed by atoms with Crippen LogP contribution >= 0.6 is 0 Å². The second-order valence-electron chi connectivity index (χ2n) is 1.44. The van der Waals surface area contributed by atoms with Gasteiger partial charge >= 0.3 is 6.03 Å². The predicted octanol–water partition coefficient (Wildman–Crippen LogP) is -1.08. The fraction of sp³-hybridized carbons (Fsp3) is 0.750. The molecule has 0 aromatic carbocycles. The molecule has 0 aromatic rings. The zero-order chi connectivity index (χ0) is 7.28. The van der Waals surface area contributed by atoms with Gasteiger partial charge in [0.1, 0.15) is 13.5 Å². The van der Waals surface area contributed by atoms with E-state index < -0.39 is 12.8 Å². The lowest BCUT2D eigenvalue weighted by Crippen LogP contribution is -2.37. The van der Waals surface area contributed by atoms with Crippen LogP contribution in [-0.4, -0.2) is 36.6 Å². The summed E-state index contributed by atoms with van der Waals surface area (Å²) in [6, 6.07) is -0.695. The van der Waals surface area contributed by atoms with Crippen molar-refractivity contribution in [3.8, 4) is 0 Å². The largest absolute Gasteiger partial charge is 0.376 e. The molecule has 0 saturated heterocycles. The summed E-state index contributed by atoms with van der Waals surface area (Å²) in [6.45, 7) is -0.394. The number of rotatable bonds is 3. The summed E-state index contributed by atoms with van der Waals surface area (Å²) in [4.78, 5) is 11.2. The van der Waals surface area contributed by atoms with Gasteiger partial charge in [-0.05, 0) is 0 Å². The van der Waals surface area contributed by atoms with E-state index in [1.54, 1.807) is 0 Å². The van der Waals surface area contributed by atoms with E-state index in [1.807, 2.05) is 0 Å². The summed E-state index contributed by atoms with van der Waals surface area (Å²) in [5, 5.41) is 8.37. The summed E-state index contributed by atoms with van der Waals surface area (Å²) in [6.07, 6.45) is 0. The molecule has 3 N–H and O–H groups in total. The number of hydrogen-bond acceptors (Lipinski definition) is 3. The smallest absolute Gasteiger partial charge is 0.318 e. The number of carbonyl (C=O) groups excluding carboxylic acids is 1. The van der Waals surface area contributed by atoms with E-state index in [0.717, 1.165) is 4.90 Å². The van der Waals surface area contributed by atoms with Crippen LogP contribution in [0, 0.1) is 0 Å². The normalized spacial score (nSPS) is 9.11. The molecule has 0 fully saturated rings. The van der Waals surface area contributed by atoms with Gasteiger partial charge < -0.3 is 15.6 Å². The first-order valence-electron chi connectivity index (χ1n) is 2.36. The van der Waals surface area contributed by atoms with Gasteiger partial charge in [0.05, 0.1) is 0 Å². The van der Waals surface area contributed by atoms with Crippen LogP contribution < -0.4 is 5.73 Å². The number of carbonyl (C=O) groups is 1. The van der Waals surface area contributed by atoms with Gasteiger partial charge in [0.2, 0.25) is 0 Å². The molecule has 0 heterocycles. The molecular weight excluding hydrogens is 124 g/mol. The Morgan fingerprint density at radius 2 is 2.44 bits per heavy atom. The zero-order valence-electron chi connectivity index (χ0n) is 5.20. The Bertz CT molecular complexity index is 95.8. The van der Waals surface area contributed by atoms with E-state index in [1.165, 1.54) is 7.11 Å². The van der Waals surface area contributed by atoms with Gasteiger partial charge in [-0.1, -0.05) is 0 Å². The molecule has 0 aliphatic heterocycles. The lowest BCUT2D eigenvalue weighted by Gasteiger charge is -2.14. The van der Waals surface area contributed by atoms with Crippen molar-refractivity contribution in [1.29, 1.82) is 0 Å². The van der Waals surface area contributed by atoms with Crippen molar-refractivity contribution in [3.05, 3.63) is 0 Å². The van der Waals surface area contributed by atoms with Crippen molar-refractivity contribution in [1.82, 2.24) is 4.90 Å². The van der Waals surface area contributed by atoms with Crippen molar-refractivity contribution in [2.24, 2.45) is 5.73 Å². The molecule has 0 aliphatic carbocycles. The Kier molecular flexibility index (Phi) is 3.74. The number of hydrogen-bond donors (Lipinski definition) is 2. The zero-order valence-corrected chi connectivity index (χ0v) is 5.20. The Morgan fingerprint density at radius 3 is 2.56 bits per heavy atom. The molecule has 2 amide bonds. The highest BCUT2D eigenvalue weighted by molar-refractivity contribution is 5.71. The average Bonchev–Trinajstić information content (AvgIpc) is 1.82. The highest BCUT2D eigenvalue weighted by Crippen LogP contribution is 1.82. The third-order valence-electron chi connectivity index (χ3n) is 0.767. The Hall–Kier alpha value is -0.810. The van der Waals surface area contributed by atoms with Gasteiger partial charge in [0.15, 0.2) is 0 Å². The molecule has 0 aromatic heterocycles. The molecule has 0 atom stereocenters. The molecule has 5 nitrogen and oxygen atoms in total. The SMILES string of the molecule is COCN(CO)C(N)=O. The molecule has 0 bridgehead atoms. The number of primary amides is 1. The van der Waals surface area contributed by atoms with Gasteiger partial charge in [0.25, 0.3) is 0 Å². The number of amides is 2. The Morgan fingerprint density at radius 1 is 1.89 bits per heavy atom. The number of urea groups is 1. The number of ether oxygens (including phenoxy) is 1. The Labute approximate surface area is 53.0 Å². The van der Waals surface area contributed by atoms with E-state index in [0.29, 0.717) is 0 Å². The van der Waals surface area contributed by atoms with E-state index in [2.05, 4.69) is 4.74 Å². The molecule has 54 valence electrons. The summed E-state index contributed by atoms with van der Waals surface area (Å²) >= 11 is 0. The van der Waals surface area contributed by atoms with Crippen LogP contribution in [0.2, 0.25) is 0 Å². The van der Waals surface area contributed by atoms with Crippen LogP contribution in [0.4, 0.5) is 4.79 Å². The molecule has 5 heteroatoms. The van der Waals surface area contributed by atoms with Gasteiger partial charge in [-0.2, -0.15) is 0 Å². The maximum atomic E-state index is 10.2. The molecule has 0 rings (SSSR count). The minimum Gasteiger partial charge on any atom is -0.376 e. The van der Waals surface area contributed by atoms with Crippen molar-refractivity contribution >= 4 is 6.03 Å². The highest BCUT2D eigenvalue weighted by Gasteiger charge is 2.04. The number of aliphatic hydroxyl groups excluding tert-OH is 1. The quantitative estimate of drug-likeness (QED) is 0.482. The second kappa shape index (κ2) is 4.11. The molecule has 0 unspecified atom stereocenters. The van der Waals surface area contributed by atoms with E-state index in [-0.39, 0.29) is 6.73 Å². The van der Waals surface area contributed by atoms with Crippen molar-refractivity contribution < 1.29 is 14.6 Å². The third kappa shape index (κ3) is 2.89. The van der Waals surface area contributed by atoms with Crippen LogP contribution in [0.3, 0.4) is 0 Å².